The molecular weight excluding hydrogens is 368 g/mol. The van der Waals surface area contributed by atoms with Crippen molar-refractivity contribution in [3.63, 3.8) is 0 Å². The Labute approximate surface area is 160 Å². The normalized spacial score (nSPS) is 13.9. The minimum absolute atomic E-state index is 0.220. The summed E-state index contributed by atoms with van der Waals surface area (Å²) in [5, 5.41) is 0. The number of sulfonamides is 1. The zero-order valence-corrected chi connectivity index (χ0v) is 16.5. The average molecular weight is 394 g/mol. The Morgan fingerprint density at radius 2 is 1.93 bits per heavy atom. The van der Waals surface area contributed by atoms with Crippen LogP contribution >= 0.6 is 0 Å². The standard InChI is InChI=1S/C19H26N2O5S/c1-3-21(17-6-4-5-7-17)18(22)14-26-19(23)16-10-8-15(9-11-16)12-13-20-27(2,24)25/h6,8-11,20H,3-5,7,12-14H2,1-2H3. The summed E-state index contributed by atoms with van der Waals surface area (Å²) in [6.07, 6.45) is 6.58. The first-order valence-electron chi connectivity index (χ1n) is 9.00. The molecule has 0 saturated carbocycles. The van der Waals surface area contributed by atoms with Crippen molar-refractivity contribution in [3.8, 4) is 0 Å². The van der Waals surface area contributed by atoms with Gasteiger partial charge < -0.3 is 9.64 Å². The molecule has 1 amide bonds. The average Bonchev–Trinajstić information content (AvgIpc) is 3.14. The fourth-order valence-electron chi connectivity index (χ4n) is 2.92. The maximum atomic E-state index is 12.3. The number of nitrogens with one attached hydrogen (secondary N) is 1. The number of benzene rings is 1. The second-order valence-corrected chi connectivity index (χ2v) is 8.25. The van der Waals surface area contributed by atoms with Crippen molar-refractivity contribution < 1.29 is 22.7 Å². The molecule has 27 heavy (non-hydrogen) atoms. The summed E-state index contributed by atoms with van der Waals surface area (Å²) in [6, 6.07) is 6.70. The first-order chi connectivity index (χ1) is 12.8. The predicted octanol–water partition coefficient (Wildman–Crippen LogP) is 1.85. The van der Waals surface area contributed by atoms with Crippen LogP contribution in [0.4, 0.5) is 0 Å². The van der Waals surface area contributed by atoms with Crippen LogP contribution in [-0.2, 0) is 26.0 Å². The monoisotopic (exact) mass is 394 g/mol. The second kappa shape index (κ2) is 9.66. The van der Waals surface area contributed by atoms with Gasteiger partial charge in [0, 0.05) is 18.8 Å². The molecule has 0 aromatic heterocycles. The second-order valence-electron chi connectivity index (χ2n) is 6.42. The quantitative estimate of drug-likeness (QED) is 0.645. The van der Waals surface area contributed by atoms with Crippen LogP contribution in [0.25, 0.3) is 0 Å². The van der Waals surface area contributed by atoms with Crippen molar-refractivity contribution in [2.45, 2.75) is 32.6 Å². The van der Waals surface area contributed by atoms with Crippen molar-refractivity contribution in [1.82, 2.24) is 9.62 Å². The largest absolute Gasteiger partial charge is 0.452 e. The van der Waals surface area contributed by atoms with Gasteiger partial charge in [0.15, 0.2) is 6.61 Å². The van der Waals surface area contributed by atoms with Crippen molar-refractivity contribution in [1.29, 1.82) is 0 Å². The molecule has 0 radical (unpaired) electrons. The van der Waals surface area contributed by atoms with Gasteiger partial charge in [-0.1, -0.05) is 18.2 Å². The number of ether oxygens (including phenoxy) is 1. The number of carbonyl (C=O) groups excluding carboxylic acids is 2. The minimum Gasteiger partial charge on any atom is -0.452 e. The van der Waals surface area contributed by atoms with Crippen LogP contribution in [0.1, 0.15) is 42.1 Å². The van der Waals surface area contributed by atoms with Crippen molar-refractivity contribution >= 4 is 21.9 Å². The van der Waals surface area contributed by atoms with Crippen LogP contribution < -0.4 is 4.72 Å². The molecule has 0 heterocycles. The molecule has 1 aliphatic carbocycles. The Kier molecular flexibility index (Phi) is 7.55. The van der Waals surface area contributed by atoms with E-state index in [1.807, 2.05) is 6.92 Å². The predicted molar refractivity (Wildman–Crippen MR) is 103 cm³/mol. The summed E-state index contributed by atoms with van der Waals surface area (Å²) in [4.78, 5) is 26.1. The maximum absolute atomic E-state index is 12.3. The highest BCUT2D eigenvalue weighted by Crippen LogP contribution is 2.21. The number of amides is 1. The van der Waals surface area contributed by atoms with E-state index in [2.05, 4.69) is 10.8 Å². The zero-order chi connectivity index (χ0) is 19.9. The van der Waals surface area contributed by atoms with E-state index in [-0.39, 0.29) is 12.5 Å². The van der Waals surface area contributed by atoms with Gasteiger partial charge in [-0.2, -0.15) is 0 Å². The summed E-state index contributed by atoms with van der Waals surface area (Å²) >= 11 is 0. The Hall–Kier alpha value is -2.19. The number of esters is 1. The van der Waals surface area contributed by atoms with E-state index in [4.69, 9.17) is 4.74 Å². The number of carbonyl (C=O) groups is 2. The molecule has 0 unspecified atom stereocenters. The summed E-state index contributed by atoms with van der Waals surface area (Å²) in [5.41, 5.74) is 2.25. The van der Waals surface area contributed by atoms with Crippen LogP contribution in [0.5, 0.6) is 0 Å². The molecule has 1 aliphatic rings. The Morgan fingerprint density at radius 1 is 1.22 bits per heavy atom. The molecule has 148 valence electrons. The fourth-order valence-corrected chi connectivity index (χ4v) is 3.39. The van der Waals surface area contributed by atoms with Crippen molar-refractivity contribution in [3.05, 3.63) is 47.2 Å². The molecule has 1 N–H and O–H groups in total. The van der Waals surface area contributed by atoms with Crippen LogP contribution in [0.3, 0.4) is 0 Å². The number of rotatable bonds is 9. The zero-order valence-electron chi connectivity index (χ0n) is 15.7. The van der Waals surface area contributed by atoms with Crippen LogP contribution in [0.2, 0.25) is 0 Å². The summed E-state index contributed by atoms with van der Waals surface area (Å²) in [7, 11) is -3.21. The highest BCUT2D eigenvalue weighted by atomic mass is 32.2. The number of nitrogens with zero attached hydrogens (tertiary/aromatic N) is 1. The molecule has 1 aromatic carbocycles. The van der Waals surface area contributed by atoms with Gasteiger partial charge >= 0.3 is 5.97 Å². The van der Waals surface area contributed by atoms with E-state index >= 15 is 0 Å². The third-order valence-electron chi connectivity index (χ3n) is 4.28. The molecule has 0 aliphatic heterocycles. The first kappa shape index (κ1) is 21.1. The molecule has 0 saturated heterocycles. The molecule has 0 atom stereocenters. The van der Waals surface area contributed by atoms with Crippen molar-refractivity contribution in [2.75, 3.05) is 26.0 Å². The Balaban J connectivity index is 1.83. The van der Waals surface area contributed by atoms with E-state index in [1.54, 1.807) is 29.2 Å². The van der Waals surface area contributed by atoms with E-state index in [1.165, 1.54) is 0 Å². The third-order valence-corrected chi connectivity index (χ3v) is 5.00. The Bertz CT molecular complexity index is 800. The number of hydrogen-bond donors (Lipinski definition) is 1. The molecule has 0 bridgehead atoms. The van der Waals surface area contributed by atoms with E-state index in [9.17, 15) is 18.0 Å². The van der Waals surface area contributed by atoms with Crippen molar-refractivity contribution in [2.24, 2.45) is 0 Å². The van der Waals surface area contributed by atoms with E-state index < -0.39 is 16.0 Å². The molecular formula is C19H26N2O5S. The highest BCUT2D eigenvalue weighted by Gasteiger charge is 2.20. The van der Waals surface area contributed by atoms with Gasteiger partial charge in [0.1, 0.15) is 0 Å². The number of likely N-dealkylation sites (N-methyl/N-ethyl adjacent to an activating group) is 1. The summed E-state index contributed by atoms with van der Waals surface area (Å²) < 4.78 is 29.6. The SMILES string of the molecule is CCN(C(=O)COC(=O)c1ccc(CCNS(C)(=O)=O)cc1)C1=CCCC1. The molecule has 0 fully saturated rings. The van der Waals surface area contributed by atoms with Gasteiger partial charge in [-0.25, -0.2) is 17.9 Å². The van der Waals surface area contributed by atoms with Crippen LogP contribution in [0, 0.1) is 0 Å². The fraction of sp³-hybridized carbons (Fsp3) is 0.474. The first-order valence-corrected chi connectivity index (χ1v) is 10.9. The van der Waals surface area contributed by atoms with Gasteiger partial charge in [-0.05, 0) is 50.3 Å². The minimum atomic E-state index is -3.21. The number of allylic oxidation sites excluding steroid dienone is 2. The van der Waals surface area contributed by atoms with Gasteiger partial charge in [-0.15, -0.1) is 0 Å². The molecule has 0 spiro atoms. The van der Waals surface area contributed by atoms with Crippen LogP contribution in [-0.4, -0.2) is 51.1 Å². The molecule has 1 aromatic rings. The van der Waals surface area contributed by atoms with Gasteiger partial charge in [0.05, 0.1) is 11.8 Å². The van der Waals surface area contributed by atoms with Gasteiger partial charge in [0.25, 0.3) is 5.91 Å². The summed E-state index contributed by atoms with van der Waals surface area (Å²) in [5.74, 6) is -0.775. The van der Waals surface area contributed by atoms with E-state index in [0.29, 0.717) is 25.1 Å². The smallest absolute Gasteiger partial charge is 0.338 e. The molecule has 8 heteroatoms. The molecule has 7 nitrogen and oxygen atoms in total. The lowest BCUT2D eigenvalue weighted by Gasteiger charge is -2.22. The van der Waals surface area contributed by atoms with Crippen LogP contribution in [0.15, 0.2) is 36.0 Å². The van der Waals surface area contributed by atoms with Gasteiger partial charge in [0.2, 0.25) is 10.0 Å². The lowest BCUT2D eigenvalue weighted by molar-refractivity contribution is -0.132. The number of hydrogen-bond acceptors (Lipinski definition) is 5. The third kappa shape index (κ3) is 6.80. The summed E-state index contributed by atoms with van der Waals surface area (Å²) in [6.45, 7) is 2.46. The van der Waals surface area contributed by atoms with Gasteiger partial charge in [-0.3, -0.25) is 4.79 Å². The molecule has 2 rings (SSSR count). The van der Waals surface area contributed by atoms with E-state index in [0.717, 1.165) is 36.8 Å². The maximum Gasteiger partial charge on any atom is 0.338 e. The lowest BCUT2D eigenvalue weighted by atomic mass is 10.1. The topological polar surface area (TPSA) is 92.8 Å². The lowest BCUT2D eigenvalue weighted by Crippen LogP contribution is -2.33. The Morgan fingerprint density at radius 3 is 2.48 bits per heavy atom. The highest BCUT2D eigenvalue weighted by molar-refractivity contribution is 7.88.